The molecule has 0 fully saturated rings. The fourth-order valence-electron chi connectivity index (χ4n) is 1.86. The van der Waals surface area contributed by atoms with Crippen molar-refractivity contribution in [1.29, 1.82) is 0 Å². The van der Waals surface area contributed by atoms with Gasteiger partial charge < -0.3 is 15.4 Å². The standard InChI is InChI=1S/C15H24N2O2/c1-4-5-12(2)10-19-11-15(18)17(3)14-8-6-13(16)7-9-14/h6-9,12H,4-5,10-11,16H2,1-3H3. The van der Waals surface area contributed by atoms with Crippen LogP contribution in [0.4, 0.5) is 11.4 Å². The molecule has 1 amide bonds. The Morgan fingerprint density at radius 2 is 2.00 bits per heavy atom. The Balaban J connectivity index is 2.38. The van der Waals surface area contributed by atoms with Gasteiger partial charge in [-0.2, -0.15) is 0 Å². The normalized spacial score (nSPS) is 12.2. The van der Waals surface area contributed by atoms with Crippen LogP contribution in [0, 0.1) is 5.92 Å². The molecule has 0 aliphatic carbocycles. The van der Waals surface area contributed by atoms with E-state index in [0.717, 1.165) is 18.5 Å². The number of benzene rings is 1. The third-order valence-corrected chi connectivity index (χ3v) is 3.06. The number of ether oxygens (including phenoxy) is 1. The highest BCUT2D eigenvalue weighted by atomic mass is 16.5. The van der Waals surface area contributed by atoms with Gasteiger partial charge in [-0.15, -0.1) is 0 Å². The summed E-state index contributed by atoms with van der Waals surface area (Å²) in [6.45, 7) is 5.04. The molecule has 0 bridgehead atoms. The largest absolute Gasteiger partial charge is 0.399 e. The maximum atomic E-state index is 11.9. The number of hydrogen-bond acceptors (Lipinski definition) is 3. The predicted octanol–water partition coefficient (Wildman–Crippen LogP) is 2.68. The van der Waals surface area contributed by atoms with Crippen LogP contribution in [-0.2, 0) is 9.53 Å². The second-order valence-corrected chi connectivity index (χ2v) is 4.95. The second-order valence-electron chi connectivity index (χ2n) is 4.95. The molecule has 0 aliphatic rings. The Morgan fingerprint density at radius 3 is 2.58 bits per heavy atom. The van der Waals surface area contributed by atoms with Crippen LogP contribution in [-0.4, -0.2) is 26.2 Å². The number of nitrogens with two attached hydrogens (primary N) is 1. The average Bonchev–Trinajstić information content (AvgIpc) is 2.39. The Morgan fingerprint density at radius 1 is 1.37 bits per heavy atom. The molecule has 0 heterocycles. The van der Waals surface area contributed by atoms with Gasteiger partial charge in [0, 0.05) is 25.0 Å². The minimum absolute atomic E-state index is 0.0477. The molecule has 0 saturated carbocycles. The van der Waals surface area contributed by atoms with E-state index in [4.69, 9.17) is 10.5 Å². The van der Waals surface area contributed by atoms with Crippen LogP contribution in [0.3, 0.4) is 0 Å². The second kappa shape index (κ2) is 7.79. The lowest BCUT2D eigenvalue weighted by Crippen LogP contribution is -2.30. The first-order valence-corrected chi connectivity index (χ1v) is 6.74. The third kappa shape index (κ3) is 5.30. The highest BCUT2D eigenvalue weighted by molar-refractivity contribution is 5.93. The number of rotatable bonds is 7. The van der Waals surface area contributed by atoms with Gasteiger partial charge in [0.25, 0.3) is 5.91 Å². The van der Waals surface area contributed by atoms with Gasteiger partial charge in [0.05, 0.1) is 0 Å². The van der Waals surface area contributed by atoms with Crippen molar-refractivity contribution in [3.63, 3.8) is 0 Å². The molecule has 0 saturated heterocycles. The van der Waals surface area contributed by atoms with Crippen molar-refractivity contribution in [3.05, 3.63) is 24.3 Å². The number of anilines is 2. The van der Waals surface area contributed by atoms with E-state index in [1.165, 1.54) is 0 Å². The van der Waals surface area contributed by atoms with Crippen molar-refractivity contribution in [2.24, 2.45) is 5.92 Å². The van der Waals surface area contributed by atoms with Crippen molar-refractivity contribution in [2.45, 2.75) is 26.7 Å². The van der Waals surface area contributed by atoms with E-state index in [-0.39, 0.29) is 12.5 Å². The lowest BCUT2D eigenvalue weighted by Gasteiger charge is -2.18. The summed E-state index contributed by atoms with van der Waals surface area (Å²) < 4.78 is 5.46. The molecule has 1 atom stereocenters. The predicted molar refractivity (Wildman–Crippen MR) is 79.2 cm³/mol. The van der Waals surface area contributed by atoms with E-state index in [9.17, 15) is 4.79 Å². The number of nitrogens with zero attached hydrogens (tertiary/aromatic N) is 1. The van der Waals surface area contributed by atoms with E-state index in [2.05, 4.69) is 13.8 Å². The zero-order chi connectivity index (χ0) is 14.3. The molecule has 106 valence electrons. The molecule has 1 aromatic rings. The van der Waals surface area contributed by atoms with E-state index < -0.39 is 0 Å². The summed E-state index contributed by atoms with van der Waals surface area (Å²) in [4.78, 5) is 13.5. The highest BCUT2D eigenvalue weighted by Crippen LogP contribution is 2.15. The molecule has 4 nitrogen and oxygen atoms in total. The van der Waals surface area contributed by atoms with Crippen LogP contribution in [0.25, 0.3) is 0 Å². The summed E-state index contributed by atoms with van der Waals surface area (Å²) in [6.07, 6.45) is 2.27. The lowest BCUT2D eigenvalue weighted by molar-refractivity contribution is -0.123. The molecule has 0 radical (unpaired) electrons. The van der Waals surface area contributed by atoms with Gasteiger partial charge in [0.15, 0.2) is 0 Å². The topological polar surface area (TPSA) is 55.6 Å². The molecule has 0 aromatic heterocycles. The first kappa shape index (κ1) is 15.5. The van der Waals surface area contributed by atoms with E-state index in [0.29, 0.717) is 18.2 Å². The van der Waals surface area contributed by atoms with Gasteiger partial charge in [-0.3, -0.25) is 4.79 Å². The molecule has 1 unspecified atom stereocenters. The smallest absolute Gasteiger partial charge is 0.252 e. The van der Waals surface area contributed by atoms with E-state index in [1.54, 1.807) is 24.1 Å². The Hall–Kier alpha value is -1.55. The monoisotopic (exact) mass is 264 g/mol. The summed E-state index contributed by atoms with van der Waals surface area (Å²) in [5.41, 5.74) is 7.13. The number of amides is 1. The maximum Gasteiger partial charge on any atom is 0.252 e. The third-order valence-electron chi connectivity index (χ3n) is 3.06. The van der Waals surface area contributed by atoms with E-state index >= 15 is 0 Å². The van der Waals surface area contributed by atoms with Gasteiger partial charge in [0.1, 0.15) is 6.61 Å². The minimum atomic E-state index is -0.0477. The fraction of sp³-hybridized carbons (Fsp3) is 0.533. The first-order chi connectivity index (χ1) is 9.04. The Labute approximate surface area is 115 Å². The molecule has 0 spiro atoms. The van der Waals surface area contributed by atoms with Crippen LogP contribution >= 0.6 is 0 Å². The van der Waals surface area contributed by atoms with Crippen LogP contribution in [0.15, 0.2) is 24.3 Å². The summed E-state index contributed by atoms with van der Waals surface area (Å²) >= 11 is 0. The maximum absolute atomic E-state index is 11.9. The molecule has 19 heavy (non-hydrogen) atoms. The first-order valence-electron chi connectivity index (χ1n) is 6.74. The SMILES string of the molecule is CCCC(C)COCC(=O)N(C)c1ccc(N)cc1. The summed E-state index contributed by atoms with van der Waals surface area (Å²) in [6, 6.07) is 7.21. The molecule has 2 N–H and O–H groups in total. The van der Waals surface area contributed by atoms with Gasteiger partial charge in [0.2, 0.25) is 0 Å². The molecule has 4 heteroatoms. The zero-order valence-electron chi connectivity index (χ0n) is 12.1. The van der Waals surface area contributed by atoms with Crippen LogP contribution < -0.4 is 10.6 Å². The number of likely N-dealkylation sites (N-methyl/N-ethyl adjacent to an activating group) is 1. The Bertz CT molecular complexity index is 390. The Kier molecular flexibility index (Phi) is 6.36. The molecular weight excluding hydrogens is 240 g/mol. The van der Waals surface area contributed by atoms with Crippen molar-refractivity contribution < 1.29 is 9.53 Å². The fourth-order valence-corrected chi connectivity index (χ4v) is 1.86. The quantitative estimate of drug-likeness (QED) is 0.770. The van der Waals surface area contributed by atoms with Gasteiger partial charge in [-0.05, 0) is 36.6 Å². The minimum Gasteiger partial charge on any atom is -0.399 e. The van der Waals surface area contributed by atoms with Crippen molar-refractivity contribution in [3.8, 4) is 0 Å². The number of hydrogen-bond donors (Lipinski definition) is 1. The highest BCUT2D eigenvalue weighted by Gasteiger charge is 2.11. The molecule has 0 aliphatic heterocycles. The number of nitrogen functional groups attached to an aromatic ring is 1. The lowest BCUT2D eigenvalue weighted by atomic mass is 10.1. The molecule has 1 rings (SSSR count). The summed E-state index contributed by atoms with van der Waals surface area (Å²) in [7, 11) is 1.74. The zero-order valence-corrected chi connectivity index (χ0v) is 12.1. The van der Waals surface area contributed by atoms with E-state index in [1.807, 2.05) is 12.1 Å². The summed E-state index contributed by atoms with van der Waals surface area (Å²) in [5, 5.41) is 0. The number of carbonyl (C=O) groups excluding carboxylic acids is 1. The van der Waals surface area contributed by atoms with Crippen molar-refractivity contribution >= 4 is 17.3 Å². The summed E-state index contributed by atoms with van der Waals surface area (Å²) in [5.74, 6) is 0.452. The van der Waals surface area contributed by atoms with Crippen LogP contribution in [0.5, 0.6) is 0 Å². The average molecular weight is 264 g/mol. The van der Waals surface area contributed by atoms with Crippen molar-refractivity contribution in [2.75, 3.05) is 30.9 Å². The van der Waals surface area contributed by atoms with Gasteiger partial charge in [-0.25, -0.2) is 0 Å². The van der Waals surface area contributed by atoms with Crippen LogP contribution in [0.2, 0.25) is 0 Å². The van der Waals surface area contributed by atoms with Gasteiger partial charge >= 0.3 is 0 Å². The number of carbonyl (C=O) groups is 1. The van der Waals surface area contributed by atoms with Crippen molar-refractivity contribution in [1.82, 2.24) is 0 Å². The van der Waals surface area contributed by atoms with Crippen LogP contribution in [0.1, 0.15) is 26.7 Å². The molecule has 1 aromatic carbocycles. The van der Waals surface area contributed by atoms with Gasteiger partial charge in [-0.1, -0.05) is 20.3 Å². The molecular formula is C15H24N2O2.